The summed E-state index contributed by atoms with van der Waals surface area (Å²) in [6.45, 7) is 0.603. The molecule has 0 aliphatic carbocycles. The average Bonchev–Trinajstić information content (AvgIpc) is 2.88. The molecule has 0 atom stereocenters. The van der Waals surface area contributed by atoms with E-state index in [1.165, 1.54) is 0 Å². The predicted molar refractivity (Wildman–Crippen MR) is 65.5 cm³/mol. The molecule has 0 amide bonds. The molecule has 5 heteroatoms. The van der Waals surface area contributed by atoms with Crippen LogP contribution in [0.4, 0.5) is 0 Å². The minimum atomic E-state index is 0.603. The normalized spacial score (nSPS) is 11.1. The zero-order valence-corrected chi connectivity index (χ0v) is 9.30. The van der Waals surface area contributed by atoms with Crippen molar-refractivity contribution < 1.29 is 0 Å². The summed E-state index contributed by atoms with van der Waals surface area (Å²) in [6, 6.07) is 9.98. The molecule has 0 bridgehead atoms. The van der Waals surface area contributed by atoms with Crippen molar-refractivity contribution in [2.75, 3.05) is 6.54 Å². The molecule has 0 aliphatic heterocycles. The van der Waals surface area contributed by atoms with Gasteiger partial charge in [0.05, 0.1) is 11.9 Å². The summed E-state index contributed by atoms with van der Waals surface area (Å²) >= 11 is 0. The van der Waals surface area contributed by atoms with Gasteiger partial charge in [0.2, 0.25) is 0 Å². The van der Waals surface area contributed by atoms with Crippen LogP contribution in [-0.2, 0) is 6.42 Å². The Balaban J connectivity index is 2.01. The van der Waals surface area contributed by atoms with Gasteiger partial charge >= 0.3 is 0 Å². The molecular formula is C12H13N5. The highest BCUT2D eigenvalue weighted by Crippen LogP contribution is 2.15. The molecule has 0 aliphatic rings. The number of hydrogen-bond acceptors (Lipinski definition) is 3. The van der Waals surface area contributed by atoms with Crippen LogP contribution in [0.1, 0.15) is 5.69 Å². The van der Waals surface area contributed by atoms with E-state index in [9.17, 15) is 0 Å². The summed E-state index contributed by atoms with van der Waals surface area (Å²) in [4.78, 5) is 8.83. The zero-order valence-electron chi connectivity index (χ0n) is 9.30. The van der Waals surface area contributed by atoms with E-state index in [1.807, 2.05) is 41.0 Å². The third-order valence-electron chi connectivity index (χ3n) is 2.62. The minimum Gasteiger partial charge on any atom is -0.330 e. The monoisotopic (exact) mass is 227 g/mol. The first kappa shape index (κ1) is 10.0. The van der Waals surface area contributed by atoms with Crippen LogP contribution >= 0.6 is 0 Å². The number of aromatic amines is 1. The Hall–Kier alpha value is -2.14. The molecule has 2 aromatic heterocycles. The van der Waals surface area contributed by atoms with Gasteiger partial charge in [0.15, 0.2) is 5.82 Å². The average molecular weight is 227 g/mol. The number of nitrogens with one attached hydrogen (secondary N) is 1. The second-order valence-electron chi connectivity index (χ2n) is 3.88. The van der Waals surface area contributed by atoms with Gasteiger partial charge in [-0.3, -0.25) is 5.10 Å². The van der Waals surface area contributed by atoms with E-state index in [0.29, 0.717) is 12.3 Å². The summed E-state index contributed by atoms with van der Waals surface area (Å²) < 4.78 is 1.83. The molecule has 5 nitrogen and oxygen atoms in total. The van der Waals surface area contributed by atoms with Crippen LogP contribution in [0, 0.1) is 0 Å². The Labute approximate surface area is 98.3 Å². The first-order valence-corrected chi connectivity index (χ1v) is 5.56. The van der Waals surface area contributed by atoms with Gasteiger partial charge in [-0.2, -0.15) is 4.98 Å². The SMILES string of the molecule is NCCc1cn2[nH]c(-c3ccccc3)nc2n1. The Bertz CT molecular complexity index is 591. The molecule has 0 spiro atoms. The number of benzene rings is 1. The van der Waals surface area contributed by atoms with E-state index in [1.54, 1.807) is 0 Å². The lowest BCUT2D eigenvalue weighted by atomic mass is 10.2. The Kier molecular flexibility index (Phi) is 2.38. The molecule has 2 heterocycles. The lowest BCUT2D eigenvalue weighted by Crippen LogP contribution is -2.02. The number of nitrogens with two attached hydrogens (primary N) is 1. The van der Waals surface area contributed by atoms with Gasteiger partial charge in [0.25, 0.3) is 5.78 Å². The molecule has 3 N–H and O–H groups in total. The van der Waals surface area contributed by atoms with E-state index in [2.05, 4.69) is 15.1 Å². The highest BCUT2D eigenvalue weighted by molar-refractivity contribution is 5.56. The molecule has 3 aromatic rings. The van der Waals surface area contributed by atoms with E-state index in [-0.39, 0.29) is 0 Å². The molecule has 3 rings (SSSR count). The van der Waals surface area contributed by atoms with Crippen molar-refractivity contribution in [1.29, 1.82) is 0 Å². The lowest BCUT2D eigenvalue weighted by Gasteiger charge is -1.93. The van der Waals surface area contributed by atoms with E-state index >= 15 is 0 Å². The summed E-state index contributed by atoms with van der Waals surface area (Å²) in [7, 11) is 0. The molecule has 0 saturated heterocycles. The first-order chi connectivity index (χ1) is 8.36. The van der Waals surface area contributed by atoms with Crippen molar-refractivity contribution in [3.05, 3.63) is 42.2 Å². The van der Waals surface area contributed by atoms with E-state index in [0.717, 1.165) is 23.5 Å². The second-order valence-corrected chi connectivity index (χ2v) is 3.88. The molecular weight excluding hydrogens is 214 g/mol. The van der Waals surface area contributed by atoms with Gasteiger partial charge in [-0.1, -0.05) is 30.3 Å². The van der Waals surface area contributed by atoms with Gasteiger partial charge in [0, 0.05) is 12.0 Å². The Morgan fingerprint density at radius 3 is 2.71 bits per heavy atom. The third kappa shape index (κ3) is 1.81. The third-order valence-corrected chi connectivity index (χ3v) is 2.62. The van der Waals surface area contributed by atoms with Crippen LogP contribution in [0.5, 0.6) is 0 Å². The maximum Gasteiger partial charge on any atom is 0.251 e. The highest BCUT2D eigenvalue weighted by Gasteiger charge is 2.07. The molecule has 0 radical (unpaired) electrons. The maximum atomic E-state index is 5.49. The fraction of sp³-hybridized carbons (Fsp3) is 0.167. The van der Waals surface area contributed by atoms with Crippen LogP contribution in [-0.4, -0.2) is 26.1 Å². The van der Waals surface area contributed by atoms with Gasteiger partial charge in [-0.25, -0.2) is 9.50 Å². The first-order valence-electron chi connectivity index (χ1n) is 5.56. The van der Waals surface area contributed by atoms with Crippen LogP contribution < -0.4 is 5.73 Å². The summed E-state index contributed by atoms with van der Waals surface area (Å²) in [5, 5.41) is 3.19. The van der Waals surface area contributed by atoms with E-state index in [4.69, 9.17) is 5.73 Å². The smallest absolute Gasteiger partial charge is 0.251 e. The number of H-pyrrole nitrogens is 1. The topological polar surface area (TPSA) is 72.0 Å². The van der Waals surface area contributed by atoms with Crippen molar-refractivity contribution in [2.24, 2.45) is 5.73 Å². The standard InChI is InChI=1S/C12H13N5/c13-7-6-10-8-17-12(14-10)15-11(16-17)9-4-2-1-3-5-9/h1-5,8H,6-7,13H2,(H,14,15,16). The quantitative estimate of drug-likeness (QED) is 0.706. The highest BCUT2D eigenvalue weighted by atomic mass is 15.3. The molecule has 0 saturated carbocycles. The summed E-state index contributed by atoms with van der Waals surface area (Å²) in [5.74, 6) is 1.51. The molecule has 86 valence electrons. The van der Waals surface area contributed by atoms with Crippen molar-refractivity contribution in [2.45, 2.75) is 6.42 Å². The largest absolute Gasteiger partial charge is 0.330 e. The van der Waals surface area contributed by atoms with Crippen LogP contribution in [0.3, 0.4) is 0 Å². The number of nitrogens with zero attached hydrogens (tertiary/aromatic N) is 3. The lowest BCUT2D eigenvalue weighted by molar-refractivity contribution is 0.922. The Morgan fingerprint density at radius 2 is 2.00 bits per heavy atom. The summed E-state index contributed by atoms with van der Waals surface area (Å²) in [5.41, 5.74) is 7.51. The van der Waals surface area contributed by atoms with Gasteiger partial charge < -0.3 is 5.73 Å². The molecule has 17 heavy (non-hydrogen) atoms. The van der Waals surface area contributed by atoms with Crippen LogP contribution in [0.2, 0.25) is 0 Å². The molecule has 1 aromatic carbocycles. The van der Waals surface area contributed by atoms with Crippen molar-refractivity contribution in [3.8, 4) is 11.4 Å². The zero-order chi connectivity index (χ0) is 11.7. The van der Waals surface area contributed by atoms with Crippen LogP contribution in [0.15, 0.2) is 36.5 Å². The number of imidazole rings is 1. The van der Waals surface area contributed by atoms with Crippen LogP contribution in [0.25, 0.3) is 17.2 Å². The Morgan fingerprint density at radius 1 is 1.18 bits per heavy atom. The maximum absolute atomic E-state index is 5.49. The van der Waals surface area contributed by atoms with Gasteiger partial charge in [-0.05, 0) is 6.54 Å². The molecule has 0 fully saturated rings. The fourth-order valence-corrected chi connectivity index (χ4v) is 1.81. The van der Waals surface area contributed by atoms with Crippen molar-refractivity contribution >= 4 is 5.78 Å². The summed E-state index contributed by atoms with van der Waals surface area (Å²) in [6.07, 6.45) is 2.71. The number of aromatic nitrogens is 4. The number of fused-ring (bicyclic) bond motifs is 1. The number of rotatable bonds is 3. The molecule has 0 unspecified atom stereocenters. The van der Waals surface area contributed by atoms with E-state index < -0.39 is 0 Å². The van der Waals surface area contributed by atoms with Gasteiger partial charge in [-0.15, -0.1) is 0 Å². The second kappa shape index (κ2) is 4.03. The van der Waals surface area contributed by atoms with Crippen molar-refractivity contribution in [1.82, 2.24) is 19.6 Å². The van der Waals surface area contributed by atoms with Gasteiger partial charge in [0.1, 0.15) is 0 Å². The number of hydrogen-bond donors (Lipinski definition) is 2. The minimum absolute atomic E-state index is 0.603. The van der Waals surface area contributed by atoms with Crippen molar-refractivity contribution in [3.63, 3.8) is 0 Å². The fourth-order valence-electron chi connectivity index (χ4n) is 1.81. The predicted octanol–water partition coefficient (Wildman–Crippen LogP) is 1.23.